The van der Waals surface area contributed by atoms with Gasteiger partial charge in [0.1, 0.15) is 0 Å². The maximum atomic E-state index is 12.5. The van der Waals surface area contributed by atoms with E-state index in [9.17, 15) is 4.79 Å². The lowest BCUT2D eigenvalue weighted by Gasteiger charge is -2.15. The van der Waals surface area contributed by atoms with Gasteiger partial charge in [-0.3, -0.25) is 0 Å². The Labute approximate surface area is 142 Å². The van der Waals surface area contributed by atoms with Gasteiger partial charge < -0.3 is 4.74 Å². The summed E-state index contributed by atoms with van der Waals surface area (Å²) in [5.74, 6) is 0.0533. The van der Waals surface area contributed by atoms with Crippen LogP contribution in [0.3, 0.4) is 0 Å². The Bertz CT molecular complexity index is 967. The van der Waals surface area contributed by atoms with Crippen molar-refractivity contribution in [1.82, 2.24) is 0 Å². The van der Waals surface area contributed by atoms with Crippen molar-refractivity contribution in [3.63, 3.8) is 0 Å². The van der Waals surface area contributed by atoms with E-state index >= 15 is 0 Å². The minimum Gasteiger partial charge on any atom is -0.465 e. The second-order valence-corrected chi connectivity index (χ2v) is 6.69. The third-order valence-electron chi connectivity index (χ3n) is 5.04. The van der Waals surface area contributed by atoms with Crippen molar-refractivity contribution in [2.75, 3.05) is 7.11 Å². The van der Waals surface area contributed by atoms with Crippen molar-refractivity contribution in [3.8, 4) is 11.1 Å². The molecule has 0 unspecified atom stereocenters. The zero-order valence-corrected chi connectivity index (χ0v) is 14.2. The number of fused-ring (bicyclic) bond motifs is 5. The summed E-state index contributed by atoms with van der Waals surface area (Å²) < 4.78 is 5.10. The van der Waals surface area contributed by atoms with Gasteiger partial charge in [-0.25, -0.2) is 4.79 Å². The summed E-state index contributed by atoms with van der Waals surface area (Å²) in [6.07, 6.45) is 0.789. The molecule has 3 aromatic carbocycles. The summed E-state index contributed by atoms with van der Waals surface area (Å²) >= 11 is 0. The Morgan fingerprint density at radius 2 is 1.67 bits per heavy atom. The Hall–Kier alpha value is -2.61. The molecule has 0 heterocycles. The lowest BCUT2D eigenvalue weighted by Crippen LogP contribution is -2.10. The molecule has 0 aromatic heterocycles. The minimum absolute atomic E-state index is 0.229. The highest BCUT2D eigenvalue weighted by molar-refractivity contribution is 6.01. The summed E-state index contributed by atoms with van der Waals surface area (Å²) in [6.45, 7) is 4.23. The molecule has 0 amide bonds. The molecule has 4 rings (SSSR count). The van der Waals surface area contributed by atoms with Crippen LogP contribution in [0.15, 0.2) is 48.5 Å². The van der Waals surface area contributed by atoms with Crippen LogP contribution in [-0.4, -0.2) is 13.1 Å². The van der Waals surface area contributed by atoms with Crippen molar-refractivity contribution in [1.29, 1.82) is 0 Å². The molecule has 0 bridgehead atoms. The number of rotatable bonds is 2. The van der Waals surface area contributed by atoms with Gasteiger partial charge in [-0.2, -0.15) is 0 Å². The Balaban J connectivity index is 2.00. The van der Waals surface area contributed by atoms with Crippen LogP contribution >= 0.6 is 0 Å². The molecule has 120 valence electrons. The summed E-state index contributed by atoms with van der Waals surface area (Å²) in [5.41, 5.74) is 6.65. The van der Waals surface area contributed by atoms with E-state index in [1.807, 2.05) is 0 Å². The Morgan fingerprint density at radius 1 is 0.958 bits per heavy atom. The summed E-state index contributed by atoms with van der Waals surface area (Å²) in [7, 11) is 1.46. The molecule has 0 atom stereocenters. The summed E-state index contributed by atoms with van der Waals surface area (Å²) in [6, 6.07) is 17.0. The standard InChI is InChI=1S/C22H20O2/c1-13(2)15-10-11-18-17-9-8-14-6-4-5-7-16(14)19(17)12-20(18)21(15)22(23)24-3/h4-11,13H,12H2,1-3H3. The van der Waals surface area contributed by atoms with Gasteiger partial charge in [-0.1, -0.05) is 62.4 Å². The molecule has 24 heavy (non-hydrogen) atoms. The molecule has 1 aliphatic carbocycles. The second kappa shape index (κ2) is 5.48. The molecule has 0 spiro atoms. The molecule has 1 aliphatic rings. The molecular weight excluding hydrogens is 296 g/mol. The first-order valence-corrected chi connectivity index (χ1v) is 8.37. The van der Waals surface area contributed by atoms with E-state index in [1.54, 1.807) is 0 Å². The number of ether oxygens (including phenoxy) is 1. The quantitative estimate of drug-likeness (QED) is 0.468. The first-order chi connectivity index (χ1) is 11.6. The number of carbonyl (C=O) groups excluding carboxylic acids is 1. The highest BCUT2D eigenvalue weighted by atomic mass is 16.5. The molecule has 3 aromatic rings. The van der Waals surface area contributed by atoms with Crippen LogP contribution in [0.1, 0.15) is 46.8 Å². The average molecular weight is 316 g/mol. The third kappa shape index (κ3) is 2.06. The number of carbonyl (C=O) groups is 1. The van der Waals surface area contributed by atoms with Crippen LogP contribution < -0.4 is 0 Å². The van der Waals surface area contributed by atoms with Crippen LogP contribution in [0.2, 0.25) is 0 Å². The molecule has 0 fully saturated rings. The van der Waals surface area contributed by atoms with Gasteiger partial charge >= 0.3 is 5.97 Å². The van der Waals surface area contributed by atoms with Crippen LogP contribution in [-0.2, 0) is 11.2 Å². The number of hydrogen-bond donors (Lipinski definition) is 0. The second-order valence-electron chi connectivity index (χ2n) is 6.69. The fourth-order valence-corrected chi connectivity index (χ4v) is 3.88. The summed E-state index contributed by atoms with van der Waals surface area (Å²) in [4.78, 5) is 12.5. The van der Waals surface area contributed by atoms with Gasteiger partial charge in [-0.15, -0.1) is 0 Å². The van der Waals surface area contributed by atoms with E-state index in [-0.39, 0.29) is 11.9 Å². The Morgan fingerprint density at radius 3 is 2.42 bits per heavy atom. The van der Waals surface area contributed by atoms with Crippen molar-refractivity contribution in [3.05, 3.63) is 70.8 Å². The topological polar surface area (TPSA) is 26.3 Å². The van der Waals surface area contributed by atoms with Crippen LogP contribution in [0.5, 0.6) is 0 Å². The SMILES string of the molecule is COC(=O)c1c(C(C)C)ccc2c1Cc1c-2ccc2ccccc12. The van der Waals surface area contributed by atoms with Gasteiger partial charge in [0, 0.05) is 6.42 Å². The first-order valence-electron chi connectivity index (χ1n) is 8.37. The van der Waals surface area contributed by atoms with E-state index in [2.05, 4.69) is 62.4 Å². The lowest BCUT2D eigenvalue weighted by molar-refractivity contribution is 0.0598. The average Bonchev–Trinajstić information content (AvgIpc) is 2.99. The highest BCUT2D eigenvalue weighted by Crippen LogP contribution is 2.43. The van der Waals surface area contributed by atoms with E-state index < -0.39 is 0 Å². The van der Waals surface area contributed by atoms with Crippen molar-refractivity contribution < 1.29 is 9.53 Å². The van der Waals surface area contributed by atoms with Crippen molar-refractivity contribution in [2.24, 2.45) is 0 Å². The highest BCUT2D eigenvalue weighted by Gasteiger charge is 2.28. The molecule has 0 saturated carbocycles. The largest absolute Gasteiger partial charge is 0.465 e. The van der Waals surface area contributed by atoms with Crippen LogP contribution in [0, 0.1) is 0 Å². The van der Waals surface area contributed by atoms with Crippen LogP contribution in [0.25, 0.3) is 21.9 Å². The number of esters is 1. The Kier molecular flexibility index (Phi) is 3.42. The predicted octanol–water partition coefficient (Wildman–Crippen LogP) is 5.32. The zero-order valence-electron chi connectivity index (χ0n) is 14.2. The van der Waals surface area contributed by atoms with E-state index in [1.165, 1.54) is 34.6 Å². The normalized spacial score (nSPS) is 12.3. The number of benzene rings is 3. The number of methoxy groups -OCH3 is 1. The first kappa shape index (κ1) is 14.9. The molecule has 2 heteroatoms. The smallest absolute Gasteiger partial charge is 0.338 e. The number of hydrogen-bond acceptors (Lipinski definition) is 2. The summed E-state index contributed by atoms with van der Waals surface area (Å²) in [5, 5.41) is 2.51. The maximum absolute atomic E-state index is 12.5. The molecule has 0 saturated heterocycles. The van der Waals surface area contributed by atoms with Crippen molar-refractivity contribution in [2.45, 2.75) is 26.2 Å². The van der Waals surface area contributed by atoms with Gasteiger partial charge in [-0.05, 0) is 44.5 Å². The van der Waals surface area contributed by atoms with Gasteiger partial charge in [0.15, 0.2) is 0 Å². The molecule has 0 aliphatic heterocycles. The van der Waals surface area contributed by atoms with Gasteiger partial charge in [0.05, 0.1) is 12.7 Å². The zero-order chi connectivity index (χ0) is 16.8. The van der Waals surface area contributed by atoms with Crippen LogP contribution in [0.4, 0.5) is 0 Å². The van der Waals surface area contributed by atoms with Crippen molar-refractivity contribution >= 4 is 16.7 Å². The molecule has 0 radical (unpaired) electrons. The molecule has 0 N–H and O–H groups in total. The lowest BCUT2D eigenvalue weighted by atomic mass is 9.90. The van der Waals surface area contributed by atoms with Gasteiger partial charge in [0.2, 0.25) is 0 Å². The van der Waals surface area contributed by atoms with E-state index in [4.69, 9.17) is 4.74 Å². The molecule has 2 nitrogen and oxygen atoms in total. The van der Waals surface area contributed by atoms with E-state index in [0.29, 0.717) is 0 Å². The molecular formula is C22H20O2. The third-order valence-corrected chi connectivity index (χ3v) is 5.04. The fraction of sp³-hybridized carbons (Fsp3) is 0.227. The monoisotopic (exact) mass is 316 g/mol. The maximum Gasteiger partial charge on any atom is 0.338 e. The predicted molar refractivity (Wildman–Crippen MR) is 97.6 cm³/mol. The fourth-order valence-electron chi connectivity index (χ4n) is 3.88. The van der Waals surface area contributed by atoms with Gasteiger partial charge in [0.25, 0.3) is 0 Å². The van der Waals surface area contributed by atoms with E-state index in [0.717, 1.165) is 23.1 Å². The minimum atomic E-state index is -0.229.